The highest BCUT2D eigenvalue weighted by Gasteiger charge is 2.12. The van der Waals surface area contributed by atoms with Gasteiger partial charge in [0.2, 0.25) is 0 Å². The van der Waals surface area contributed by atoms with Gasteiger partial charge < -0.3 is 11.1 Å². The average molecular weight is 170 g/mol. The van der Waals surface area contributed by atoms with E-state index in [0.29, 0.717) is 12.0 Å². The third-order valence-corrected chi connectivity index (χ3v) is 2.16. The SMILES string of the molecule is C=C(NC(C)CC)C(N)C(C)C. The van der Waals surface area contributed by atoms with Crippen LogP contribution >= 0.6 is 0 Å². The van der Waals surface area contributed by atoms with Gasteiger partial charge in [-0.15, -0.1) is 0 Å². The van der Waals surface area contributed by atoms with Gasteiger partial charge in [0.15, 0.2) is 0 Å². The third kappa shape index (κ3) is 3.77. The van der Waals surface area contributed by atoms with Crippen molar-refractivity contribution >= 4 is 0 Å². The molecule has 2 atom stereocenters. The lowest BCUT2D eigenvalue weighted by Crippen LogP contribution is -2.38. The first-order valence-corrected chi connectivity index (χ1v) is 4.69. The summed E-state index contributed by atoms with van der Waals surface area (Å²) in [4.78, 5) is 0. The molecule has 0 aliphatic carbocycles. The summed E-state index contributed by atoms with van der Waals surface area (Å²) in [5, 5.41) is 3.29. The predicted octanol–water partition coefficient (Wildman–Crippen LogP) is 1.87. The molecule has 0 fully saturated rings. The van der Waals surface area contributed by atoms with Crippen LogP contribution in [-0.2, 0) is 0 Å². The number of hydrogen-bond acceptors (Lipinski definition) is 2. The van der Waals surface area contributed by atoms with Gasteiger partial charge in [0.05, 0.1) is 0 Å². The first-order chi connectivity index (χ1) is 5.49. The van der Waals surface area contributed by atoms with Crippen molar-refractivity contribution in [1.29, 1.82) is 0 Å². The quantitative estimate of drug-likeness (QED) is 0.661. The summed E-state index contributed by atoms with van der Waals surface area (Å²) in [6, 6.07) is 0.543. The maximum atomic E-state index is 5.90. The monoisotopic (exact) mass is 170 g/mol. The minimum atomic E-state index is 0.0685. The van der Waals surface area contributed by atoms with Gasteiger partial charge in [-0.05, 0) is 19.3 Å². The van der Waals surface area contributed by atoms with Gasteiger partial charge in [0, 0.05) is 17.8 Å². The van der Waals surface area contributed by atoms with Crippen molar-refractivity contribution in [2.75, 3.05) is 0 Å². The van der Waals surface area contributed by atoms with Crippen molar-refractivity contribution in [3.63, 3.8) is 0 Å². The second kappa shape index (κ2) is 5.20. The van der Waals surface area contributed by atoms with Crippen molar-refractivity contribution < 1.29 is 0 Å². The van der Waals surface area contributed by atoms with E-state index in [2.05, 4.69) is 39.6 Å². The minimum Gasteiger partial charge on any atom is -0.385 e. The lowest BCUT2D eigenvalue weighted by Gasteiger charge is -2.23. The molecule has 0 bridgehead atoms. The molecule has 0 saturated heterocycles. The molecule has 3 N–H and O–H groups in total. The smallest absolute Gasteiger partial charge is 0.0461 e. The normalized spacial score (nSPS) is 15.8. The molecular weight excluding hydrogens is 148 g/mol. The zero-order valence-corrected chi connectivity index (χ0v) is 8.72. The Balaban J connectivity index is 3.87. The topological polar surface area (TPSA) is 38.0 Å². The van der Waals surface area contributed by atoms with Crippen molar-refractivity contribution in [2.24, 2.45) is 11.7 Å². The molecule has 0 aliphatic rings. The van der Waals surface area contributed by atoms with Gasteiger partial charge in [0.1, 0.15) is 0 Å². The van der Waals surface area contributed by atoms with Crippen molar-refractivity contribution in [2.45, 2.75) is 46.2 Å². The Kier molecular flexibility index (Phi) is 4.98. The molecule has 0 aliphatic heterocycles. The van der Waals surface area contributed by atoms with E-state index in [0.717, 1.165) is 12.1 Å². The maximum absolute atomic E-state index is 5.90. The Hall–Kier alpha value is -0.500. The molecule has 12 heavy (non-hydrogen) atoms. The highest BCUT2D eigenvalue weighted by molar-refractivity contribution is 5.03. The Bertz CT molecular complexity index is 141. The minimum absolute atomic E-state index is 0.0685. The zero-order chi connectivity index (χ0) is 9.72. The van der Waals surface area contributed by atoms with Crippen LogP contribution in [0.3, 0.4) is 0 Å². The van der Waals surface area contributed by atoms with E-state index >= 15 is 0 Å². The molecule has 0 aromatic carbocycles. The molecule has 0 spiro atoms. The number of rotatable bonds is 5. The van der Waals surface area contributed by atoms with Crippen LogP contribution in [0.25, 0.3) is 0 Å². The van der Waals surface area contributed by atoms with E-state index in [1.165, 1.54) is 0 Å². The van der Waals surface area contributed by atoms with Crippen LogP contribution in [0.2, 0.25) is 0 Å². The Morgan fingerprint density at radius 2 is 1.92 bits per heavy atom. The Morgan fingerprint density at radius 1 is 1.42 bits per heavy atom. The van der Waals surface area contributed by atoms with Crippen LogP contribution in [0.15, 0.2) is 12.3 Å². The van der Waals surface area contributed by atoms with Gasteiger partial charge in [-0.25, -0.2) is 0 Å². The summed E-state index contributed by atoms with van der Waals surface area (Å²) < 4.78 is 0. The third-order valence-electron chi connectivity index (χ3n) is 2.16. The highest BCUT2D eigenvalue weighted by Crippen LogP contribution is 2.06. The Labute approximate surface area is 76.2 Å². The molecule has 0 heterocycles. The predicted molar refractivity (Wildman–Crippen MR) is 54.8 cm³/mol. The molecule has 2 nitrogen and oxygen atoms in total. The molecular formula is C10H22N2. The largest absolute Gasteiger partial charge is 0.385 e. The van der Waals surface area contributed by atoms with Gasteiger partial charge in [0.25, 0.3) is 0 Å². The van der Waals surface area contributed by atoms with E-state index in [9.17, 15) is 0 Å². The molecule has 2 unspecified atom stereocenters. The van der Waals surface area contributed by atoms with Crippen LogP contribution in [0.5, 0.6) is 0 Å². The fourth-order valence-corrected chi connectivity index (χ4v) is 0.917. The molecule has 0 radical (unpaired) electrons. The molecule has 0 aromatic rings. The van der Waals surface area contributed by atoms with Gasteiger partial charge in [-0.2, -0.15) is 0 Å². The van der Waals surface area contributed by atoms with Crippen molar-refractivity contribution in [3.8, 4) is 0 Å². The molecule has 2 heteroatoms. The fourth-order valence-electron chi connectivity index (χ4n) is 0.917. The number of nitrogens with two attached hydrogens (primary N) is 1. The molecule has 0 amide bonds. The summed E-state index contributed by atoms with van der Waals surface area (Å²) in [6.07, 6.45) is 1.10. The van der Waals surface area contributed by atoms with Gasteiger partial charge >= 0.3 is 0 Å². The van der Waals surface area contributed by atoms with Crippen LogP contribution in [-0.4, -0.2) is 12.1 Å². The van der Waals surface area contributed by atoms with Crippen LogP contribution < -0.4 is 11.1 Å². The van der Waals surface area contributed by atoms with Crippen LogP contribution in [0.4, 0.5) is 0 Å². The van der Waals surface area contributed by atoms with Crippen LogP contribution in [0, 0.1) is 5.92 Å². The van der Waals surface area contributed by atoms with E-state index in [4.69, 9.17) is 5.73 Å². The molecule has 72 valence electrons. The first-order valence-electron chi connectivity index (χ1n) is 4.69. The second-order valence-electron chi connectivity index (χ2n) is 3.75. The number of nitrogens with one attached hydrogen (secondary N) is 1. The summed E-state index contributed by atoms with van der Waals surface area (Å²) >= 11 is 0. The van der Waals surface area contributed by atoms with E-state index in [1.54, 1.807) is 0 Å². The van der Waals surface area contributed by atoms with Gasteiger partial charge in [-0.1, -0.05) is 27.4 Å². The maximum Gasteiger partial charge on any atom is 0.0461 e. The summed E-state index contributed by atoms with van der Waals surface area (Å²) in [5.41, 5.74) is 6.86. The summed E-state index contributed by atoms with van der Waals surface area (Å²) in [5.74, 6) is 0.453. The zero-order valence-electron chi connectivity index (χ0n) is 8.72. The summed E-state index contributed by atoms with van der Waals surface area (Å²) in [6.45, 7) is 12.4. The van der Waals surface area contributed by atoms with Crippen molar-refractivity contribution in [3.05, 3.63) is 12.3 Å². The lowest BCUT2D eigenvalue weighted by molar-refractivity contribution is 0.486. The van der Waals surface area contributed by atoms with E-state index < -0.39 is 0 Å². The molecule has 0 saturated carbocycles. The molecule has 0 rings (SSSR count). The first kappa shape index (κ1) is 11.5. The lowest BCUT2D eigenvalue weighted by atomic mass is 10.0. The fraction of sp³-hybridized carbons (Fsp3) is 0.800. The molecule has 0 aromatic heterocycles. The number of hydrogen-bond donors (Lipinski definition) is 2. The van der Waals surface area contributed by atoms with Crippen LogP contribution in [0.1, 0.15) is 34.1 Å². The highest BCUT2D eigenvalue weighted by atomic mass is 14.9. The standard InChI is InChI=1S/C10H22N2/c1-6-8(4)12-9(5)10(11)7(2)3/h7-8,10,12H,5-6,11H2,1-4H3. The van der Waals surface area contributed by atoms with E-state index in [1.807, 2.05) is 0 Å². The average Bonchev–Trinajstić information content (AvgIpc) is 2.02. The van der Waals surface area contributed by atoms with Gasteiger partial charge in [-0.3, -0.25) is 0 Å². The summed E-state index contributed by atoms with van der Waals surface area (Å²) in [7, 11) is 0. The Morgan fingerprint density at radius 3 is 2.25 bits per heavy atom. The second-order valence-corrected chi connectivity index (χ2v) is 3.75. The van der Waals surface area contributed by atoms with E-state index in [-0.39, 0.29) is 6.04 Å². The van der Waals surface area contributed by atoms with Crippen molar-refractivity contribution in [1.82, 2.24) is 5.32 Å².